The fraction of sp³-hybridized carbons (Fsp3) is 0.824. The molecule has 1 fully saturated rings. The van der Waals surface area contributed by atoms with Crippen molar-refractivity contribution in [2.24, 2.45) is 5.92 Å². The normalized spacial score (nSPS) is 19.1. The Balaban J connectivity index is 2.27. The fourth-order valence-electron chi connectivity index (χ4n) is 2.84. The molecule has 1 aliphatic heterocycles. The summed E-state index contributed by atoms with van der Waals surface area (Å²) in [5.41, 5.74) is 0.962. The number of ether oxygens (including phenoxy) is 1. The Morgan fingerprint density at radius 3 is 2.62 bits per heavy atom. The van der Waals surface area contributed by atoms with Crippen LogP contribution in [0.5, 0.6) is 0 Å². The van der Waals surface area contributed by atoms with Gasteiger partial charge in [0.25, 0.3) is 0 Å². The number of nitrogens with zero attached hydrogens (tertiary/aromatic N) is 3. The van der Waals surface area contributed by atoms with Gasteiger partial charge in [0, 0.05) is 25.7 Å². The second kappa shape index (κ2) is 7.97. The lowest BCUT2D eigenvalue weighted by atomic mass is 10.1. The topological polar surface area (TPSA) is 64.4 Å². The molecule has 1 aromatic rings. The minimum absolute atomic E-state index is 0.212. The highest BCUT2D eigenvalue weighted by Crippen LogP contribution is 2.21. The van der Waals surface area contributed by atoms with Crippen molar-refractivity contribution < 1.29 is 13.2 Å². The van der Waals surface area contributed by atoms with Gasteiger partial charge in [-0.3, -0.25) is 4.90 Å². The van der Waals surface area contributed by atoms with E-state index in [-0.39, 0.29) is 5.16 Å². The summed E-state index contributed by atoms with van der Waals surface area (Å²) >= 11 is 0. The van der Waals surface area contributed by atoms with E-state index < -0.39 is 15.1 Å². The molecule has 0 aliphatic carbocycles. The highest BCUT2D eigenvalue weighted by atomic mass is 32.2. The third-order valence-corrected chi connectivity index (χ3v) is 6.72. The zero-order valence-corrected chi connectivity index (χ0v) is 16.3. The average molecular weight is 358 g/mol. The Kier molecular flexibility index (Phi) is 6.45. The van der Waals surface area contributed by atoms with Crippen molar-refractivity contribution in [3.8, 4) is 0 Å². The lowest BCUT2D eigenvalue weighted by molar-refractivity contribution is 0.154. The largest absolute Gasteiger partial charge is 0.380 e. The lowest BCUT2D eigenvalue weighted by Crippen LogP contribution is -2.32. The van der Waals surface area contributed by atoms with Crippen LogP contribution in [0.4, 0.5) is 0 Å². The fourth-order valence-corrected chi connectivity index (χ4v) is 3.97. The van der Waals surface area contributed by atoms with Crippen LogP contribution in [0.3, 0.4) is 0 Å². The smallest absolute Gasteiger partial charge is 0.228 e. The molecule has 0 saturated carbocycles. The number of imidazole rings is 1. The van der Waals surface area contributed by atoms with E-state index in [0.717, 1.165) is 31.7 Å². The monoisotopic (exact) mass is 357 g/mol. The van der Waals surface area contributed by atoms with Gasteiger partial charge in [0.2, 0.25) is 15.0 Å². The molecule has 0 amide bonds. The molecule has 0 aromatic carbocycles. The molecule has 0 radical (unpaired) electrons. The minimum Gasteiger partial charge on any atom is -0.380 e. The summed E-state index contributed by atoms with van der Waals surface area (Å²) in [5.74, 6) is 0.510. The van der Waals surface area contributed by atoms with E-state index >= 15 is 0 Å². The number of likely N-dealkylation sites (N-methyl/N-ethyl adjacent to an activating group) is 1. The van der Waals surface area contributed by atoms with Crippen molar-refractivity contribution in [1.82, 2.24) is 14.5 Å². The van der Waals surface area contributed by atoms with Crippen molar-refractivity contribution in [2.45, 2.75) is 70.1 Å². The van der Waals surface area contributed by atoms with Gasteiger partial charge >= 0.3 is 0 Å². The summed E-state index contributed by atoms with van der Waals surface area (Å²) in [6.45, 7) is 10.6. The van der Waals surface area contributed by atoms with Gasteiger partial charge in [0.15, 0.2) is 0 Å². The van der Waals surface area contributed by atoms with Crippen molar-refractivity contribution in [1.29, 1.82) is 0 Å². The molecule has 0 spiro atoms. The van der Waals surface area contributed by atoms with E-state index in [2.05, 4.69) is 30.8 Å². The van der Waals surface area contributed by atoms with Gasteiger partial charge in [-0.15, -0.1) is 0 Å². The third-order valence-electron chi connectivity index (χ3n) is 4.65. The molecule has 24 heavy (non-hydrogen) atoms. The Hall–Kier alpha value is -0.920. The van der Waals surface area contributed by atoms with Gasteiger partial charge in [0.05, 0.1) is 23.7 Å². The molecule has 1 saturated heterocycles. The second-order valence-electron chi connectivity index (χ2n) is 7.39. The van der Waals surface area contributed by atoms with Crippen LogP contribution in [0, 0.1) is 5.92 Å². The molecular weight excluding hydrogens is 326 g/mol. The van der Waals surface area contributed by atoms with Crippen LogP contribution in [0.25, 0.3) is 0 Å². The van der Waals surface area contributed by atoms with Gasteiger partial charge < -0.3 is 9.30 Å². The van der Waals surface area contributed by atoms with Crippen molar-refractivity contribution >= 4 is 9.84 Å². The first-order valence-corrected chi connectivity index (χ1v) is 10.3. The molecule has 1 aliphatic rings. The van der Waals surface area contributed by atoms with E-state index in [1.54, 1.807) is 20.0 Å². The van der Waals surface area contributed by atoms with Crippen LogP contribution in [-0.2, 0) is 27.7 Å². The molecule has 1 atom stereocenters. The summed E-state index contributed by atoms with van der Waals surface area (Å²) in [5, 5.41) is -0.254. The van der Waals surface area contributed by atoms with Crippen LogP contribution >= 0.6 is 0 Å². The lowest BCUT2D eigenvalue weighted by Gasteiger charge is -2.24. The van der Waals surface area contributed by atoms with E-state index in [0.29, 0.717) is 25.0 Å². The first kappa shape index (κ1) is 19.4. The van der Waals surface area contributed by atoms with E-state index in [9.17, 15) is 8.42 Å². The molecule has 6 nitrogen and oxygen atoms in total. The summed E-state index contributed by atoms with van der Waals surface area (Å²) in [7, 11) is -1.32. The summed E-state index contributed by atoms with van der Waals surface area (Å²) in [6.07, 6.45) is 3.68. The van der Waals surface area contributed by atoms with E-state index in [1.165, 1.54) is 0 Å². The Bertz CT molecular complexity index is 632. The molecule has 7 heteroatoms. The molecule has 0 bridgehead atoms. The van der Waals surface area contributed by atoms with Crippen molar-refractivity contribution in [3.05, 3.63) is 11.9 Å². The number of rotatable bonds is 8. The Labute approximate surface area is 146 Å². The Morgan fingerprint density at radius 1 is 1.38 bits per heavy atom. The predicted molar refractivity (Wildman–Crippen MR) is 94.7 cm³/mol. The number of hydrogen-bond donors (Lipinski definition) is 0. The van der Waals surface area contributed by atoms with Gasteiger partial charge in [-0.2, -0.15) is 0 Å². The predicted octanol–water partition coefficient (Wildman–Crippen LogP) is 2.33. The quantitative estimate of drug-likeness (QED) is 0.714. The maximum atomic E-state index is 12.6. The third kappa shape index (κ3) is 4.37. The summed E-state index contributed by atoms with van der Waals surface area (Å²) in [4.78, 5) is 6.52. The van der Waals surface area contributed by atoms with Crippen molar-refractivity contribution in [3.63, 3.8) is 0 Å². The van der Waals surface area contributed by atoms with Gasteiger partial charge in [0.1, 0.15) is 0 Å². The summed E-state index contributed by atoms with van der Waals surface area (Å²) in [6, 6.07) is 0.392. The van der Waals surface area contributed by atoms with Crippen LogP contribution in [0.15, 0.2) is 11.4 Å². The average Bonchev–Trinajstić information content (AvgIpc) is 3.14. The number of sulfone groups is 1. The molecular formula is C17H31N3O3S. The van der Waals surface area contributed by atoms with E-state index in [4.69, 9.17) is 4.74 Å². The van der Waals surface area contributed by atoms with Crippen LogP contribution in [0.1, 0.15) is 46.2 Å². The number of hydrogen-bond acceptors (Lipinski definition) is 5. The maximum Gasteiger partial charge on any atom is 0.228 e. The van der Waals surface area contributed by atoms with Gasteiger partial charge in [-0.1, -0.05) is 13.8 Å². The highest BCUT2D eigenvalue weighted by Gasteiger charge is 2.28. The molecule has 2 rings (SSSR count). The van der Waals surface area contributed by atoms with Crippen LogP contribution < -0.4 is 0 Å². The molecule has 2 heterocycles. The van der Waals surface area contributed by atoms with Crippen LogP contribution in [0.2, 0.25) is 0 Å². The zero-order valence-electron chi connectivity index (χ0n) is 15.5. The molecule has 138 valence electrons. The standard InChI is InChI=1S/C17H31N3O3S/c1-13(2)6-8-20-16(11-19(5)15-7-9-23-12-15)10-18-17(20)24(21,22)14(3)4/h10,13-15H,6-9,11-12H2,1-5H3/t15-/m0/s1. The van der Waals surface area contributed by atoms with Gasteiger partial charge in [-0.05, 0) is 39.7 Å². The maximum absolute atomic E-state index is 12.6. The summed E-state index contributed by atoms with van der Waals surface area (Å²) < 4.78 is 32.6. The molecule has 0 unspecified atom stereocenters. The first-order valence-electron chi connectivity index (χ1n) is 8.79. The van der Waals surface area contributed by atoms with Gasteiger partial charge in [-0.25, -0.2) is 13.4 Å². The minimum atomic E-state index is -3.38. The highest BCUT2D eigenvalue weighted by molar-refractivity contribution is 7.91. The number of aromatic nitrogens is 2. The molecule has 0 N–H and O–H groups in total. The van der Waals surface area contributed by atoms with Crippen LogP contribution in [-0.4, -0.2) is 54.4 Å². The Morgan fingerprint density at radius 2 is 2.08 bits per heavy atom. The van der Waals surface area contributed by atoms with E-state index in [1.807, 2.05) is 4.57 Å². The molecule has 1 aromatic heterocycles. The first-order chi connectivity index (χ1) is 11.2. The zero-order chi connectivity index (χ0) is 17.9. The second-order valence-corrected chi connectivity index (χ2v) is 9.79. The van der Waals surface area contributed by atoms with Crippen molar-refractivity contribution in [2.75, 3.05) is 20.3 Å². The SMILES string of the molecule is CC(C)CCn1c(CN(C)[C@H]2CCOC2)cnc1S(=O)(=O)C(C)C.